The lowest BCUT2D eigenvalue weighted by molar-refractivity contribution is -0.139. The molecule has 0 saturated heterocycles. The maximum absolute atomic E-state index is 13.8. The number of benzene rings is 2. The molecule has 8 heteroatoms. The molecule has 4 rings (SSSR count). The number of thiazole rings is 1. The summed E-state index contributed by atoms with van der Waals surface area (Å²) >= 11 is 1.41. The molecule has 36 heavy (non-hydrogen) atoms. The van der Waals surface area contributed by atoms with Crippen LogP contribution in [0.1, 0.15) is 39.2 Å². The van der Waals surface area contributed by atoms with Crippen LogP contribution in [-0.2, 0) is 19.1 Å². The van der Waals surface area contributed by atoms with Crippen LogP contribution in [0.25, 0.3) is 21.8 Å². The van der Waals surface area contributed by atoms with E-state index in [1.165, 1.54) is 23.5 Å². The Kier molecular flexibility index (Phi) is 7.64. The summed E-state index contributed by atoms with van der Waals surface area (Å²) in [7, 11) is 0. The summed E-state index contributed by atoms with van der Waals surface area (Å²) in [5.41, 5.74) is 4.72. The molecule has 0 amide bonds. The van der Waals surface area contributed by atoms with E-state index < -0.39 is 17.9 Å². The standard InChI is InChI=1S/C28H27FN2O4S/c1-5-34-27(32)23-16(3)30-17(4)24(28(33)35-6-2)25(23)20-12-7-8-13-21(20)26-31-22(15-36-26)18-10-9-11-19(29)14-18/h7-15,25,30H,5-6H2,1-4H3. The van der Waals surface area contributed by atoms with Crippen LogP contribution in [0.2, 0.25) is 0 Å². The van der Waals surface area contributed by atoms with E-state index in [1.54, 1.807) is 39.8 Å². The summed E-state index contributed by atoms with van der Waals surface area (Å²) in [5.74, 6) is -2.06. The van der Waals surface area contributed by atoms with Crippen LogP contribution in [0.3, 0.4) is 0 Å². The molecule has 0 saturated carbocycles. The lowest BCUT2D eigenvalue weighted by atomic mass is 9.78. The number of aromatic nitrogens is 1. The summed E-state index contributed by atoms with van der Waals surface area (Å²) in [6, 6.07) is 13.8. The van der Waals surface area contributed by atoms with Crippen LogP contribution in [0.15, 0.2) is 76.5 Å². The SMILES string of the molecule is CCOC(=O)C1=C(C)NC(C)=C(C(=O)OCC)C1c1ccccc1-c1nc(-c2cccc(F)c2)cs1. The van der Waals surface area contributed by atoms with E-state index >= 15 is 0 Å². The van der Waals surface area contributed by atoms with Crippen LogP contribution < -0.4 is 5.32 Å². The number of nitrogens with one attached hydrogen (secondary N) is 1. The van der Waals surface area contributed by atoms with Gasteiger partial charge in [0.15, 0.2) is 0 Å². The fourth-order valence-electron chi connectivity index (χ4n) is 4.39. The van der Waals surface area contributed by atoms with Crippen molar-refractivity contribution in [3.8, 4) is 21.8 Å². The summed E-state index contributed by atoms with van der Waals surface area (Å²) in [6.45, 7) is 7.46. The van der Waals surface area contributed by atoms with Gasteiger partial charge in [-0.05, 0) is 45.4 Å². The third kappa shape index (κ3) is 4.95. The summed E-state index contributed by atoms with van der Waals surface area (Å²) in [4.78, 5) is 31.1. The third-order valence-electron chi connectivity index (χ3n) is 5.88. The minimum Gasteiger partial charge on any atom is -0.463 e. The van der Waals surface area contributed by atoms with Gasteiger partial charge in [-0.15, -0.1) is 11.3 Å². The molecule has 0 bridgehead atoms. The van der Waals surface area contributed by atoms with Crippen LogP contribution >= 0.6 is 11.3 Å². The molecule has 6 nitrogen and oxygen atoms in total. The van der Waals surface area contributed by atoms with Crippen molar-refractivity contribution in [3.05, 3.63) is 87.8 Å². The van der Waals surface area contributed by atoms with Gasteiger partial charge in [0.1, 0.15) is 10.8 Å². The van der Waals surface area contributed by atoms with Crippen molar-refractivity contribution in [2.45, 2.75) is 33.6 Å². The Bertz CT molecular complexity index is 1340. The van der Waals surface area contributed by atoms with Gasteiger partial charge in [-0.1, -0.05) is 36.4 Å². The molecular weight excluding hydrogens is 479 g/mol. The summed E-state index contributed by atoms with van der Waals surface area (Å²) < 4.78 is 24.6. The number of dihydropyridines is 1. The first-order valence-electron chi connectivity index (χ1n) is 11.7. The lowest BCUT2D eigenvalue weighted by Gasteiger charge is -2.31. The molecule has 3 aromatic rings. The lowest BCUT2D eigenvalue weighted by Crippen LogP contribution is -2.32. The number of hydrogen-bond donors (Lipinski definition) is 1. The zero-order valence-electron chi connectivity index (χ0n) is 20.6. The monoisotopic (exact) mass is 506 g/mol. The van der Waals surface area contributed by atoms with Crippen molar-refractivity contribution in [2.24, 2.45) is 0 Å². The molecule has 0 spiro atoms. The minimum absolute atomic E-state index is 0.199. The Morgan fingerprint density at radius 3 is 2.22 bits per heavy atom. The first kappa shape index (κ1) is 25.3. The molecule has 2 aromatic carbocycles. The highest BCUT2D eigenvalue weighted by atomic mass is 32.1. The predicted octanol–water partition coefficient (Wildman–Crippen LogP) is 5.98. The average Bonchev–Trinajstić information content (AvgIpc) is 3.34. The molecule has 0 unspecified atom stereocenters. The highest BCUT2D eigenvalue weighted by Gasteiger charge is 2.39. The quantitative estimate of drug-likeness (QED) is 0.398. The van der Waals surface area contributed by atoms with Crippen LogP contribution in [0.4, 0.5) is 4.39 Å². The molecule has 1 aliphatic rings. The first-order valence-corrected chi connectivity index (χ1v) is 12.6. The highest BCUT2D eigenvalue weighted by Crippen LogP contribution is 2.44. The first-order chi connectivity index (χ1) is 17.3. The smallest absolute Gasteiger partial charge is 0.336 e. The largest absolute Gasteiger partial charge is 0.463 e. The van der Waals surface area contributed by atoms with Gasteiger partial charge in [0.2, 0.25) is 0 Å². The zero-order chi connectivity index (χ0) is 25.8. The number of hydrogen-bond acceptors (Lipinski definition) is 7. The van der Waals surface area contributed by atoms with Crippen molar-refractivity contribution in [2.75, 3.05) is 13.2 Å². The fraction of sp³-hybridized carbons (Fsp3) is 0.250. The van der Waals surface area contributed by atoms with Gasteiger partial charge in [0.05, 0.1) is 36.0 Å². The second-order valence-corrected chi connectivity index (χ2v) is 9.07. The van der Waals surface area contributed by atoms with Gasteiger partial charge in [-0.2, -0.15) is 0 Å². The number of carbonyl (C=O) groups is 2. The molecule has 2 heterocycles. The van der Waals surface area contributed by atoms with Crippen molar-refractivity contribution in [1.82, 2.24) is 10.3 Å². The molecule has 0 radical (unpaired) electrons. The third-order valence-corrected chi connectivity index (χ3v) is 6.75. The van der Waals surface area contributed by atoms with Crippen molar-refractivity contribution >= 4 is 23.3 Å². The minimum atomic E-state index is -0.720. The molecule has 186 valence electrons. The van der Waals surface area contributed by atoms with Gasteiger partial charge in [-0.25, -0.2) is 19.0 Å². The normalized spacial score (nSPS) is 14.0. The molecule has 0 atom stereocenters. The molecule has 0 fully saturated rings. The van der Waals surface area contributed by atoms with E-state index in [9.17, 15) is 14.0 Å². The average molecular weight is 507 g/mol. The number of ether oxygens (including phenoxy) is 2. The molecular formula is C28H27FN2O4S. The van der Waals surface area contributed by atoms with Gasteiger partial charge in [-0.3, -0.25) is 0 Å². The van der Waals surface area contributed by atoms with Crippen molar-refractivity contribution < 1.29 is 23.5 Å². The Morgan fingerprint density at radius 1 is 0.972 bits per heavy atom. The maximum atomic E-state index is 13.8. The predicted molar refractivity (Wildman–Crippen MR) is 137 cm³/mol. The van der Waals surface area contributed by atoms with Crippen molar-refractivity contribution in [1.29, 1.82) is 0 Å². The number of nitrogens with zero attached hydrogens (tertiary/aromatic N) is 1. The van der Waals surface area contributed by atoms with Crippen LogP contribution in [0, 0.1) is 5.82 Å². The molecule has 1 aliphatic heterocycles. The highest BCUT2D eigenvalue weighted by molar-refractivity contribution is 7.13. The molecule has 0 aliphatic carbocycles. The zero-order valence-corrected chi connectivity index (χ0v) is 21.4. The van der Waals surface area contributed by atoms with Gasteiger partial charge >= 0.3 is 11.9 Å². The van der Waals surface area contributed by atoms with Crippen LogP contribution in [0.5, 0.6) is 0 Å². The van der Waals surface area contributed by atoms with Gasteiger partial charge < -0.3 is 14.8 Å². The van der Waals surface area contributed by atoms with E-state index in [0.29, 0.717) is 38.8 Å². The number of rotatable bonds is 7. The Morgan fingerprint density at radius 2 is 1.61 bits per heavy atom. The Hall–Kier alpha value is -3.78. The second-order valence-electron chi connectivity index (χ2n) is 8.21. The topological polar surface area (TPSA) is 77.5 Å². The summed E-state index contributed by atoms with van der Waals surface area (Å²) in [6.07, 6.45) is 0. The molecule has 1 N–H and O–H groups in total. The second kappa shape index (κ2) is 10.9. The van der Waals surface area contributed by atoms with E-state index in [0.717, 1.165) is 11.1 Å². The summed E-state index contributed by atoms with van der Waals surface area (Å²) in [5, 5.41) is 5.71. The number of carbonyl (C=O) groups excluding carboxylic acids is 2. The Balaban J connectivity index is 1.88. The maximum Gasteiger partial charge on any atom is 0.336 e. The molecule has 1 aromatic heterocycles. The van der Waals surface area contributed by atoms with E-state index in [-0.39, 0.29) is 19.0 Å². The number of esters is 2. The van der Waals surface area contributed by atoms with Crippen molar-refractivity contribution in [3.63, 3.8) is 0 Å². The van der Waals surface area contributed by atoms with E-state index in [1.807, 2.05) is 29.6 Å². The van der Waals surface area contributed by atoms with Gasteiger partial charge in [0.25, 0.3) is 0 Å². The van der Waals surface area contributed by atoms with E-state index in [2.05, 4.69) is 5.32 Å². The Labute approximate surface area is 213 Å². The number of halogens is 1. The van der Waals surface area contributed by atoms with Crippen LogP contribution in [-0.4, -0.2) is 30.1 Å². The fourth-order valence-corrected chi connectivity index (χ4v) is 5.26. The van der Waals surface area contributed by atoms with E-state index in [4.69, 9.17) is 14.5 Å². The number of allylic oxidation sites excluding steroid dienone is 2. The van der Waals surface area contributed by atoms with Gasteiger partial charge in [0, 0.05) is 27.9 Å².